The lowest BCUT2D eigenvalue weighted by molar-refractivity contribution is 0.405. The summed E-state index contributed by atoms with van der Waals surface area (Å²) in [7, 11) is 0. The molecule has 0 spiro atoms. The summed E-state index contributed by atoms with van der Waals surface area (Å²) in [5.41, 5.74) is 6.37. The van der Waals surface area contributed by atoms with Gasteiger partial charge in [0.2, 0.25) is 11.7 Å². The molecule has 0 bridgehead atoms. The summed E-state index contributed by atoms with van der Waals surface area (Å²) < 4.78 is 31.5. The first kappa shape index (κ1) is 12.4. The van der Waals surface area contributed by atoms with Gasteiger partial charge in [-0.25, -0.2) is 9.37 Å². The molecule has 0 amide bonds. The molecular formula is C13H12F2N2O. The number of nitrogens with two attached hydrogens (primary N) is 1. The maximum atomic E-state index is 13.3. The fourth-order valence-electron chi connectivity index (χ4n) is 1.46. The van der Waals surface area contributed by atoms with Crippen LogP contribution < -0.4 is 10.5 Å². The predicted octanol–water partition coefficient (Wildman–Crippen LogP) is 2.65. The van der Waals surface area contributed by atoms with Crippen molar-refractivity contribution < 1.29 is 13.5 Å². The molecule has 2 rings (SSSR count). The first-order chi connectivity index (χ1) is 8.70. The Balaban J connectivity index is 2.16. The van der Waals surface area contributed by atoms with Gasteiger partial charge in [-0.3, -0.25) is 0 Å². The number of hydrogen-bond donors (Lipinski definition) is 1. The average molecular weight is 250 g/mol. The number of benzene rings is 1. The van der Waals surface area contributed by atoms with Gasteiger partial charge in [0.15, 0.2) is 11.6 Å². The van der Waals surface area contributed by atoms with Crippen molar-refractivity contribution in [2.45, 2.75) is 6.42 Å². The lowest BCUT2D eigenvalue weighted by Crippen LogP contribution is -2.03. The van der Waals surface area contributed by atoms with Crippen molar-refractivity contribution in [2.24, 2.45) is 5.73 Å². The van der Waals surface area contributed by atoms with Crippen molar-refractivity contribution in [1.82, 2.24) is 4.98 Å². The maximum absolute atomic E-state index is 13.3. The zero-order chi connectivity index (χ0) is 13.0. The Morgan fingerprint density at radius 1 is 1.17 bits per heavy atom. The van der Waals surface area contributed by atoms with Gasteiger partial charge in [0, 0.05) is 12.3 Å². The smallest absolute Gasteiger partial charge is 0.219 e. The van der Waals surface area contributed by atoms with E-state index in [0.29, 0.717) is 13.0 Å². The molecule has 1 heterocycles. The van der Waals surface area contributed by atoms with Crippen LogP contribution in [-0.4, -0.2) is 11.5 Å². The first-order valence-electron chi connectivity index (χ1n) is 5.47. The normalized spacial score (nSPS) is 10.4. The Labute approximate surface area is 103 Å². The van der Waals surface area contributed by atoms with E-state index in [1.807, 2.05) is 0 Å². The van der Waals surface area contributed by atoms with Gasteiger partial charge in [0.1, 0.15) is 0 Å². The van der Waals surface area contributed by atoms with E-state index in [0.717, 1.165) is 11.6 Å². The lowest BCUT2D eigenvalue weighted by Gasteiger charge is -2.06. The fraction of sp³-hybridized carbons (Fsp3) is 0.154. The molecule has 18 heavy (non-hydrogen) atoms. The molecule has 2 N–H and O–H groups in total. The van der Waals surface area contributed by atoms with Crippen LogP contribution in [0.2, 0.25) is 0 Å². The predicted molar refractivity (Wildman–Crippen MR) is 63.4 cm³/mol. The summed E-state index contributed by atoms with van der Waals surface area (Å²) in [6, 6.07) is 7.12. The van der Waals surface area contributed by atoms with E-state index in [1.165, 1.54) is 12.1 Å². The highest BCUT2D eigenvalue weighted by Crippen LogP contribution is 2.24. The van der Waals surface area contributed by atoms with Crippen LogP contribution >= 0.6 is 0 Å². The van der Waals surface area contributed by atoms with E-state index >= 15 is 0 Å². The largest absolute Gasteiger partial charge is 0.436 e. The molecule has 2 aromatic rings. The van der Waals surface area contributed by atoms with Crippen molar-refractivity contribution in [2.75, 3.05) is 6.54 Å². The molecule has 0 atom stereocenters. The number of nitrogens with zero attached hydrogens (tertiary/aromatic N) is 1. The standard InChI is InChI=1S/C13H12F2N2O/c14-10-2-1-3-11(13(10)15)18-12-5-4-9(6-7-16)8-17-12/h1-5,8H,6-7,16H2. The molecule has 0 aliphatic carbocycles. The highest BCUT2D eigenvalue weighted by molar-refractivity contribution is 5.30. The summed E-state index contributed by atoms with van der Waals surface area (Å²) in [5.74, 6) is -1.95. The minimum absolute atomic E-state index is 0.186. The number of ether oxygens (including phenoxy) is 1. The molecule has 1 aromatic carbocycles. The lowest BCUT2D eigenvalue weighted by atomic mass is 10.2. The van der Waals surface area contributed by atoms with Crippen molar-refractivity contribution in [3.05, 3.63) is 53.7 Å². The first-order valence-corrected chi connectivity index (χ1v) is 5.47. The second kappa shape index (κ2) is 5.55. The van der Waals surface area contributed by atoms with Crippen molar-refractivity contribution in [3.8, 4) is 11.6 Å². The zero-order valence-corrected chi connectivity index (χ0v) is 9.57. The second-order valence-corrected chi connectivity index (χ2v) is 3.70. The van der Waals surface area contributed by atoms with Crippen LogP contribution in [-0.2, 0) is 6.42 Å². The Morgan fingerprint density at radius 3 is 2.67 bits per heavy atom. The summed E-state index contributed by atoms with van der Waals surface area (Å²) in [6.07, 6.45) is 2.31. The molecule has 94 valence electrons. The van der Waals surface area contributed by atoms with Gasteiger partial charge in [-0.05, 0) is 30.7 Å². The summed E-state index contributed by atoms with van der Waals surface area (Å²) in [6.45, 7) is 0.528. The molecule has 0 aliphatic rings. The quantitative estimate of drug-likeness (QED) is 0.907. The van der Waals surface area contributed by atoms with Crippen molar-refractivity contribution in [3.63, 3.8) is 0 Å². The van der Waals surface area contributed by atoms with Gasteiger partial charge in [-0.1, -0.05) is 12.1 Å². The fourth-order valence-corrected chi connectivity index (χ4v) is 1.46. The number of hydrogen-bond acceptors (Lipinski definition) is 3. The minimum Gasteiger partial charge on any atom is -0.436 e. The van der Waals surface area contributed by atoms with E-state index in [2.05, 4.69) is 4.98 Å². The third-order valence-corrected chi connectivity index (χ3v) is 2.36. The molecule has 3 nitrogen and oxygen atoms in total. The highest BCUT2D eigenvalue weighted by atomic mass is 19.2. The number of rotatable bonds is 4. The molecule has 0 fully saturated rings. The number of pyridine rings is 1. The van der Waals surface area contributed by atoms with E-state index in [-0.39, 0.29) is 11.6 Å². The number of aromatic nitrogens is 1. The van der Waals surface area contributed by atoms with Gasteiger partial charge in [-0.15, -0.1) is 0 Å². The maximum Gasteiger partial charge on any atom is 0.219 e. The summed E-state index contributed by atoms with van der Waals surface area (Å²) in [4.78, 5) is 4.00. The molecule has 5 heteroatoms. The van der Waals surface area contributed by atoms with Gasteiger partial charge < -0.3 is 10.5 Å². The van der Waals surface area contributed by atoms with Crippen LogP contribution in [0.15, 0.2) is 36.5 Å². The van der Waals surface area contributed by atoms with Gasteiger partial charge >= 0.3 is 0 Å². The molecule has 0 radical (unpaired) electrons. The van der Waals surface area contributed by atoms with E-state index in [1.54, 1.807) is 18.3 Å². The summed E-state index contributed by atoms with van der Waals surface area (Å²) in [5, 5.41) is 0. The zero-order valence-electron chi connectivity index (χ0n) is 9.57. The highest BCUT2D eigenvalue weighted by Gasteiger charge is 2.09. The SMILES string of the molecule is NCCc1ccc(Oc2cccc(F)c2F)nc1. The van der Waals surface area contributed by atoms with E-state index in [4.69, 9.17) is 10.5 Å². The molecule has 0 unspecified atom stereocenters. The molecule has 0 saturated carbocycles. The van der Waals surface area contributed by atoms with Crippen LogP contribution in [0.5, 0.6) is 11.6 Å². The second-order valence-electron chi connectivity index (χ2n) is 3.70. The Bertz CT molecular complexity index is 529. The van der Waals surface area contributed by atoms with Gasteiger partial charge in [0.05, 0.1) is 0 Å². The topological polar surface area (TPSA) is 48.1 Å². The van der Waals surface area contributed by atoms with Crippen LogP contribution in [0.4, 0.5) is 8.78 Å². The van der Waals surface area contributed by atoms with Gasteiger partial charge in [-0.2, -0.15) is 4.39 Å². The molecule has 0 saturated heterocycles. The Kier molecular flexibility index (Phi) is 3.84. The number of halogens is 2. The average Bonchev–Trinajstić information content (AvgIpc) is 2.38. The molecule has 1 aromatic heterocycles. The van der Waals surface area contributed by atoms with E-state index < -0.39 is 11.6 Å². The Morgan fingerprint density at radius 2 is 2.00 bits per heavy atom. The van der Waals surface area contributed by atoms with Crippen LogP contribution in [0.1, 0.15) is 5.56 Å². The third-order valence-electron chi connectivity index (χ3n) is 2.36. The summed E-state index contributed by atoms with van der Waals surface area (Å²) >= 11 is 0. The monoisotopic (exact) mass is 250 g/mol. The molecule has 0 aliphatic heterocycles. The van der Waals surface area contributed by atoms with Crippen LogP contribution in [0.25, 0.3) is 0 Å². The minimum atomic E-state index is -1.02. The van der Waals surface area contributed by atoms with Crippen LogP contribution in [0.3, 0.4) is 0 Å². The van der Waals surface area contributed by atoms with E-state index in [9.17, 15) is 8.78 Å². The van der Waals surface area contributed by atoms with Crippen molar-refractivity contribution >= 4 is 0 Å². The van der Waals surface area contributed by atoms with Crippen molar-refractivity contribution in [1.29, 1.82) is 0 Å². The third kappa shape index (κ3) is 2.81. The Hall–Kier alpha value is -2.01. The molecular weight excluding hydrogens is 238 g/mol. The van der Waals surface area contributed by atoms with Gasteiger partial charge in [0.25, 0.3) is 0 Å². The van der Waals surface area contributed by atoms with Crippen LogP contribution in [0, 0.1) is 11.6 Å².